The van der Waals surface area contributed by atoms with Gasteiger partial charge in [-0.15, -0.1) is 0 Å². The van der Waals surface area contributed by atoms with Crippen molar-refractivity contribution in [3.8, 4) is 0 Å². The van der Waals surface area contributed by atoms with Crippen LogP contribution in [0.3, 0.4) is 0 Å². The summed E-state index contributed by atoms with van der Waals surface area (Å²) >= 11 is 3.54. The fourth-order valence-electron chi connectivity index (χ4n) is 1.21. The summed E-state index contributed by atoms with van der Waals surface area (Å²) in [7, 11) is 0. The van der Waals surface area contributed by atoms with Crippen LogP contribution in [0.2, 0.25) is 0 Å². The number of benzene rings is 1. The van der Waals surface area contributed by atoms with E-state index in [1.807, 2.05) is 18.2 Å². The quantitative estimate of drug-likeness (QED) is 0.651. The van der Waals surface area contributed by atoms with E-state index in [1.54, 1.807) is 0 Å². The molecule has 1 heterocycles. The highest BCUT2D eigenvalue weighted by Gasteiger charge is 2.30. The first kappa shape index (κ1) is 7.32. The maximum Gasteiger partial charge on any atom is 0.0972 e. The van der Waals surface area contributed by atoms with Crippen LogP contribution in [0.25, 0.3) is 0 Å². The number of ether oxygens (including phenoxy) is 1. The van der Waals surface area contributed by atoms with Crippen molar-refractivity contribution in [3.05, 3.63) is 35.9 Å². The largest absolute Gasteiger partial charge is 0.371 e. The van der Waals surface area contributed by atoms with Crippen molar-refractivity contribution in [3.63, 3.8) is 0 Å². The summed E-state index contributed by atoms with van der Waals surface area (Å²) in [6, 6.07) is 10.3. The first-order valence-electron chi connectivity index (χ1n) is 3.68. The Morgan fingerprint density at radius 3 is 2.45 bits per heavy atom. The van der Waals surface area contributed by atoms with Gasteiger partial charge in [-0.05, 0) is 5.56 Å². The fraction of sp³-hybridized carbons (Fsp3) is 0.333. The maximum absolute atomic E-state index is 5.38. The highest BCUT2D eigenvalue weighted by molar-refractivity contribution is 9.09. The highest BCUT2D eigenvalue weighted by atomic mass is 79.9. The smallest absolute Gasteiger partial charge is 0.0972 e. The van der Waals surface area contributed by atoms with E-state index in [0.717, 1.165) is 6.61 Å². The van der Waals surface area contributed by atoms with E-state index in [4.69, 9.17) is 4.74 Å². The van der Waals surface area contributed by atoms with Crippen molar-refractivity contribution in [1.29, 1.82) is 0 Å². The zero-order chi connectivity index (χ0) is 7.68. The molecule has 0 N–H and O–H groups in total. The van der Waals surface area contributed by atoms with Gasteiger partial charge in [-0.25, -0.2) is 0 Å². The molecule has 1 fully saturated rings. The summed E-state index contributed by atoms with van der Waals surface area (Å²) in [4.78, 5) is 0.505. The summed E-state index contributed by atoms with van der Waals surface area (Å²) in [6.07, 6.45) is 0.274. The molecule has 0 bridgehead atoms. The molecule has 0 aromatic heterocycles. The molecule has 0 saturated carbocycles. The molecular weight excluding hydrogens is 204 g/mol. The Hall–Kier alpha value is -0.340. The van der Waals surface area contributed by atoms with Gasteiger partial charge in [0, 0.05) is 0 Å². The molecule has 2 rings (SSSR count). The van der Waals surface area contributed by atoms with Crippen LogP contribution < -0.4 is 0 Å². The van der Waals surface area contributed by atoms with Crippen molar-refractivity contribution in [2.45, 2.75) is 10.9 Å². The van der Waals surface area contributed by atoms with Gasteiger partial charge in [0.25, 0.3) is 0 Å². The van der Waals surface area contributed by atoms with Gasteiger partial charge in [-0.2, -0.15) is 0 Å². The third kappa shape index (κ3) is 1.33. The minimum atomic E-state index is 0.274. The van der Waals surface area contributed by atoms with E-state index in [2.05, 4.69) is 28.1 Å². The van der Waals surface area contributed by atoms with Crippen LogP contribution in [0.1, 0.15) is 11.7 Å². The van der Waals surface area contributed by atoms with Crippen molar-refractivity contribution < 1.29 is 4.74 Å². The Morgan fingerprint density at radius 1 is 1.27 bits per heavy atom. The average Bonchev–Trinajstić information content (AvgIpc) is 2.04. The van der Waals surface area contributed by atoms with Crippen LogP contribution in [0, 0.1) is 0 Å². The molecule has 1 aliphatic heterocycles. The Morgan fingerprint density at radius 2 is 2.00 bits per heavy atom. The molecule has 58 valence electrons. The van der Waals surface area contributed by atoms with Gasteiger partial charge in [0.05, 0.1) is 17.5 Å². The molecular formula is C9H9BrO. The third-order valence-electron chi connectivity index (χ3n) is 1.89. The van der Waals surface area contributed by atoms with Crippen LogP contribution in [0.4, 0.5) is 0 Å². The van der Waals surface area contributed by atoms with E-state index in [0.29, 0.717) is 4.83 Å². The molecule has 1 saturated heterocycles. The third-order valence-corrected chi connectivity index (χ3v) is 2.64. The lowest BCUT2D eigenvalue weighted by Gasteiger charge is -2.32. The van der Waals surface area contributed by atoms with Gasteiger partial charge >= 0.3 is 0 Å². The Kier molecular flexibility index (Phi) is 1.96. The van der Waals surface area contributed by atoms with Gasteiger partial charge in [0.2, 0.25) is 0 Å². The molecule has 0 amide bonds. The molecule has 0 unspecified atom stereocenters. The second kappa shape index (κ2) is 2.95. The minimum Gasteiger partial charge on any atom is -0.371 e. The Balaban J connectivity index is 2.17. The van der Waals surface area contributed by atoms with Gasteiger partial charge < -0.3 is 4.74 Å². The molecule has 0 spiro atoms. The molecule has 2 atom stereocenters. The molecule has 0 radical (unpaired) electrons. The average molecular weight is 213 g/mol. The monoisotopic (exact) mass is 212 g/mol. The summed E-state index contributed by atoms with van der Waals surface area (Å²) in [5.41, 5.74) is 1.26. The highest BCUT2D eigenvalue weighted by Crippen LogP contribution is 2.34. The van der Waals surface area contributed by atoms with Crippen molar-refractivity contribution >= 4 is 15.9 Å². The molecule has 1 nitrogen and oxygen atoms in total. The number of alkyl halides is 1. The van der Waals surface area contributed by atoms with Gasteiger partial charge in [0.1, 0.15) is 0 Å². The Bertz CT molecular complexity index is 235. The van der Waals surface area contributed by atoms with Crippen LogP contribution in [0.5, 0.6) is 0 Å². The summed E-state index contributed by atoms with van der Waals surface area (Å²) in [6.45, 7) is 0.833. The first-order valence-corrected chi connectivity index (χ1v) is 4.60. The number of rotatable bonds is 1. The zero-order valence-corrected chi connectivity index (χ0v) is 7.62. The van der Waals surface area contributed by atoms with Crippen LogP contribution in [-0.2, 0) is 4.74 Å². The first-order chi connectivity index (χ1) is 5.38. The van der Waals surface area contributed by atoms with E-state index in [1.165, 1.54) is 5.56 Å². The number of hydrogen-bond acceptors (Lipinski definition) is 1. The van der Waals surface area contributed by atoms with Gasteiger partial charge in [-0.1, -0.05) is 46.3 Å². The topological polar surface area (TPSA) is 9.23 Å². The van der Waals surface area contributed by atoms with E-state index >= 15 is 0 Å². The molecule has 1 aromatic rings. The van der Waals surface area contributed by atoms with E-state index in [-0.39, 0.29) is 6.10 Å². The van der Waals surface area contributed by atoms with Crippen LogP contribution in [-0.4, -0.2) is 11.4 Å². The predicted octanol–water partition coefficient (Wildman–Crippen LogP) is 2.52. The molecule has 2 heteroatoms. The standard InChI is InChI=1S/C9H9BrO/c10-8-6-11-9(8)7-4-2-1-3-5-7/h1-5,8-9H,6H2/t8-,9+/m1/s1. The van der Waals surface area contributed by atoms with E-state index in [9.17, 15) is 0 Å². The van der Waals surface area contributed by atoms with Gasteiger partial charge in [0.15, 0.2) is 0 Å². The normalized spacial score (nSPS) is 29.5. The lowest BCUT2D eigenvalue weighted by molar-refractivity contribution is -0.0410. The summed E-state index contributed by atoms with van der Waals surface area (Å²) in [5.74, 6) is 0. The fourth-order valence-corrected chi connectivity index (χ4v) is 1.82. The molecule has 0 aliphatic carbocycles. The SMILES string of the molecule is Br[C@@H]1CO[C@H]1c1ccccc1. The van der Waals surface area contributed by atoms with Crippen molar-refractivity contribution in [2.24, 2.45) is 0 Å². The minimum absolute atomic E-state index is 0.274. The molecule has 11 heavy (non-hydrogen) atoms. The zero-order valence-electron chi connectivity index (χ0n) is 6.03. The summed E-state index contributed by atoms with van der Waals surface area (Å²) < 4.78 is 5.38. The maximum atomic E-state index is 5.38. The van der Waals surface area contributed by atoms with E-state index < -0.39 is 0 Å². The lowest BCUT2D eigenvalue weighted by atomic mass is 10.0. The predicted molar refractivity (Wildman–Crippen MR) is 47.9 cm³/mol. The number of halogens is 1. The lowest BCUT2D eigenvalue weighted by Crippen LogP contribution is -2.32. The van der Waals surface area contributed by atoms with Crippen molar-refractivity contribution in [2.75, 3.05) is 6.61 Å². The van der Waals surface area contributed by atoms with Crippen LogP contribution in [0.15, 0.2) is 30.3 Å². The molecule has 1 aromatic carbocycles. The second-order valence-electron chi connectivity index (χ2n) is 2.68. The molecule has 1 aliphatic rings. The summed E-state index contributed by atoms with van der Waals surface area (Å²) in [5, 5.41) is 0. The van der Waals surface area contributed by atoms with Crippen molar-refractivity contribution in [1.82, 2.24) is 0 Å². The van der Waals surface area contributed by atoms with Crippen LogP contribution >= 0.6 is 15.9 Å². The van der Waals surface area contributed by atoms with Gasteiger partial charge in [-0.3, -0.25) is 0 Å². The Labute approximate surface area is 74.5 Å². The second-order valence-corrected chi connectivity index (χ2v) is 3.86. The number of hydrogen-bond donors (Lipinski definition) is 0.